The smallest absolute Gasteiger partial charge is 0.200 e. The Morgan fingerprint density at radius 2 is 1.70 bits per heavy atom. The van der Waals surface area contributed by atoms with Crippen LogP contribution in [0, 0.1) is 0 Å². The quantitative estimate of drug-likeness (QED) is 0.549. The van der Waals surface area contributed by atoms with Gasteiger partial charge in [0, 0.05) is 0 Å². The van der Waals surface area contributed by atoms with E-state index < -0.39 is 17.4 Å². The molecule has 0 aromatic rings. The van der Waals surface area contributed by atoms with E-state index in [1.165, 1.54) is 0 Å². The zero-order valence-electron chi connectivity index (χ0n) is 5.00. The Morgan fingerprint density at radius 3 is 1.80 bits per heavy atom. The lowest BCUT2D eigenvalue weighted by atomic mass is 10.4. The Labute approximate surface area is 65.5 Å². The van der Waals surface area contributed by atoms with Crippen molar-refractivity contribution < 1.29 is 13.9 Å². The monoisotopic (exact) mass is 210 g/mol. The molecular formula is C6H5BrF2O. The van der Waals surface area contributed by atoms with Crippen molar-refractivity contribution in [3.8, 4) is 0 Å². The van der Waals surface area contributed by atoms with Crippen LogP contribution < -0.4 is 0 Å². The summed E-state index contributed by atoms with van der Waals surface area (Å²) in [5.41, 5.74) is 0. The predicted octanol–water partition coefficient (Wildman–Crippen LogP) is 3.12. The highest BCUT2D eigenvalue weighted by molar-refractivity contribution is 9.11. The molecule has 1 nitrogen and oxygen atoms in total. The number of halogens is 3. The molecular weight excluding hydrogens is 206 g/mol. The minimum atomic E-state index is -1.40. The molecule has 0 spiro atoms. The molecule has 0 aromatic heterocycles. The van der Waals surface area contributed by atoms with Crippen LogP contribution in [0.5, 0.6) is 0 Å². The molecule has 1 N–H and O–H groups in total. The van der Waals surface area contributed by atoms with Gasteiger partial charge in [-0.15, -0.1) is 0 Å². The van der Waals surface area contributed by atoms with E-state index in [-0.39, 0.29) is 4.48 Å². The standard InChI is InChI=1S/C6H5BrF2O/c1-3(7)6(10)5(9)4(2)8/h10H,1-2H2/b6-5-. The van der Waals surface area contributed by atoms with E-state index in [0.717, 1.165) is 0 Å². The summed E-state index contributed by atoms with van der Waals surface area (Å²) in [5, 5.41) is 8.62. The van der Waals surface area contributed by atoms with Gasteiger partial charge in [-0.1, -0.05) is 13.2 Å². The van der Waals surface area contributed by atoms with Crippen LogP contribution in [-0.2, 0) is 0 Å². The van der Waals surface area contributed by atoms with Crippen molar-refractivity contribution in [2.24, 2.45) is 0 Å². The summed E-state index contributed by atoms with van der Waals surface area (Å²) in [5.74, 6) is -3.59. The van der Waals surface area contributed by atoms with Gasteiger partial charge in [-0.25, -0.2) is 4.39 Å². The van der Waals surface area contributed by atoms with Gasteiger partial charge in [-0.2, -0.15) is 4.39 Å². The molecule has 0 unspecified atom stereocenters. The molecule has 0 fully saturated rings. The van der Waals surface area contributed by atoms with E-state index in [0.29, 0.717) is 0 Å². The molecule has 0 heterocycles. The molecule has 0 rings (SSSR count). The van der Waals surface area contributed by atoms with Crippen molar-refractivity contribution in [2.45, 2.75) is 0 Å². The third-order valence-electron chi connectivity index (χ3n) is 0.703. The zero-order chi connectivity index (χ0) is 8.31. The minimum Gasteiger partial charge on any atom is -0.504 e. The maximum atomic E-state index is 12.2. The topological polar surface area (TPSA) is 20.2 Å². The summed E-state index contributed by atoms with van der Waals surface area (Å²) in [6, 6.07) is 0. The summed E-state index contributed by atoms with van der Waals surface area (Å²) < 4.78 is 24.0. The van der Waals surface area contributed by atoms with Gasteiger partial charge >= 0.3 is 0 Å². The number of rotatable bonds is 2. The van der Waals surface area contributed by atoms with Gasteiger partial charge in [0.05, 0.1) is 4.48 Å². The first-order valence-electron chi connectivity index (χ1n) is 2.25. The van der Waals surface area contributed by atoms with Crippen molar-refractivity contribution in [3.63, 3.8) is 0 Å². The van der Waals surface area contributed by atoms with Crippen molar-refractivity contribution >= 4 is 15.9 Å². The fraction of sp³-hybridized carbons (Fsp3) is 0. The zero-order valence-corrected chi connectivity index (χ0v) is 6.58. The van der Waals surface area contributed by atoms with E-state index in [4.69, 9.17) is 5.11 Å². The summed E-state index contributed by atoms with van der Waals surface area (Å²) in [4.78, 5) is 0. The minimum absolute atomic E-state index is 0.121. The van der Waals surface area contributed by atoms with E-state index in [9.17, 15) is 8.78 Å². The SMILES string of the molecule is C=C(Br)/C(O)=C(/F)C(=C)F. The third-order valence-corrected chi connectivity index (χ3v) is 1.08. The van der Waals surface area contributed by atoms with E-state index >= 15 is 0 Å². The normalized spacial score (nSPS) is 12.3. The maximum Gasteiger partial charge on any atom is 0.200 e. The molecule has 0 aromatic carbocycles. The lowest BCUT2D eigenvalue weighted by Crippen LogP contribution is -1.84. The van der Waals surface area contributed by atoms with Crippen LogP contribution >= 0.6 is 15.9 Å². The highest BCUT2D eigenvalue weighted by atomic mass is 79.9. The number of allylic oxidation sites excluding steroid dienone is 3. The van der Waals surface area contributed by atoms with Gasteiger partial charge in [0.1, 0.15) is 0 Å². The van der Waals surface area contributed by atoms with Crippen molar-refractivity contribution in [3.05, 3.63) is 35.1 Å². The molecule has 0 bridgehead atoms. The first-order chi connectivity index (χ1) is 4.46. The number of hydrogen-bond acceptors (Lipinski definition) is 1. The molecule has 0 saturated heterocycles. The average molecular weight is 211 g/mol. The second-order valence-corrected chi connectivity index (χ2v) is 2.43. The number of hydrogen-bond donors (Lipinski definition) is 1. The largest absolute Gasteiger partial charge is 0.504 e. The highest BCUT2D eigenvalue weighted by Crippen LogP contribution is 2.21. The molecule has 0 amide bonds. The van der Waals surface area contributed by atoms with Crippen molar-refractivity contribution in [1.29, 1.82) is 0 Å². The first kappa shape index (κ1) is 9.36. The summed E-state index contributed by atoms with van der Waals surface area (Å²) in [6.07, 6.45) is 0. The van der Waals surface area contributed by atoms with Gasteiger partial charge in [0.2, 0.25) is 5.83 Å². The summed E-state index contributed by atoms with van der Waals surface area (Å²) >= 11 is 2.66. The third kappa shape index (κ3) is 2.31. The molecule has 0 aliphatic carbocycles. The van der Waals surface area contributed by atoms with Crippen LogP contribution in [0.1, 0.15) is 0 Å². The fourth-order valence-electron chi connectivity index (χ4n) is 0.248. The predicted molar refractivity (Wildman–Crippen MR) is 39.1 cm³/mol. The first-order valence-corrected chi connectivity index (χ1v) is 3.04. The Morgan fingerprint density at radius 1 is 1.30 bits per heavy atom. The Balaban J connectivity index is 4.67. The van der Waals surface area contributed by atoms with Crippen LogP contribution in [0.15, 0.2) is 35.1 Å². The second-order valence-electron chi connectivity index (χ2n) is 1.47. The molecule has 0 radical (unpaired) electrons. The van der Waals surface area contributed by atoms with Crippen molar-refractivity contribution in [2.75, 3.05) is 0 Å². The lowest BCUT2D eigenvalue weighted by Gasteiger charge is -1.96. The molecule has 56 valence electrons. The van der Waals surface area contributed by atoms with E-state index in [1.807, 2.05) is 0 Å². The molecule has 10 heavy (non-hydrogen) atoms. The van der Waals surface area contributed by atoms with Crippen LogP contribution in [0.25, 0.3) is 0 Å². The fourth-order valence-corrected chi connectivity index (χ4v) is 0.422. The van der Waals surface area contributed by atoms with Crippen LogP contribution in [-0.4, -0.2) is 5.11 Å². The molecule has 0 aliphatic heterocycles. The Kier molecular flexibility index (Phi) is 3.28. The highest BCUT2D eigenvalue weighted by Gasteiger charge is 2.09. The van der Waals surface area contributed by atoms with Gasteiger partial charge in [-0.05, 0) is 15.9 Å². The van der Waals surface area contributed by atoms with Crippen LogP contribution in [0.4, 0.5) is 8.78 Å². The Hall–Kier alpha value is -0.640. The number of aliphatic hydroxyl groups is 1. The van der Waals surface area contributed by atoms with Gasteiger partial charge < -0.3 is 5.11 Å². The summed E-state index contributed by atoms with van der Waals surface area (Å²) in [7, 11) is 0. The second kappa shape index (κ2) is 3.51. The van der Waals surface area contributed by atoms with E-state index in [2.05, 4.69) is 29.1 Å². The molecule has 4 heteroatoms. The van der Waals surface area contributed by atoms with Gasteiger partial charge in [0.25, 0.3) is 0 Å². The molecule has 0 atom stereocenters. The van der Waals surface area contributed by atoms with E-state index in [1.54, 1.807) is 0 Å². The Bertz CT molecular complexity index is 186. The maximum absolute atomic E-state index is 12.2. The molecule has 0 saturated carbocycles. The van der Waals surface area contributed by atoms with Gasteiger partial charge in [-0.3, -0.25) is 0 Å². The van der Waals surface area contributed by atoms with Crippen LogP contribution in [0.2, 0.25) is 0 Å². The lowest BCUT2D eigenvalue weighted by molar-refractivity contribution is 0.391. The molecule has 0 aliphatic rings. The number of aliphatic hydroxyl groups excluding tert-OH is 1. The van der Waals surface area contributed by atoms with Crippen molar-refractivity contribution in [1.82, 2.24) is 0 Å². The van der Waals surface area contributed by atoms with Gasteiger partial charge in [0.15, 0.2) is 11.6 Å². The average Bonchev–Trinajstić information content (AvgIpc) is 1.84. The summed E-state index contributed by atoms with van der Waals surface area (Å²) in [6.45, 7) is 5.76. The van der Waals surface area contributed by atoms with Crippen LogP contribution in [0.3, 0.4) is 0 Å².